The van der Waals surface area contributed by atoms with E-state index >= 15 is 0 Å². The number of hydrogen-bond acceptors (Lipinski definition) is 2. The third-order valence-corrected chi connectivity index (χ3v) is 1.81. The molecule has 3 heteroatoms. The van der Waals surface area contributed by atoms with Gasteiger partial charge in [0.05, 0.1) is 6.61 Å². The van der Waals surface area contributed by atoms with Crippen molar-refractivity contribution in [2.24, 2.45) is 0 Å². The van der Waals surface area contributed by atoms with E-state index in [0.717, 1.165) is 5.56 Å². The van der Waals surface area contributed by atoms with Crippen molar-refractivity contribution >= 4 is 5.91 Å². The molecule has 16 heavy (non-hydrogen) atoms. The molecule has 1 N–H and O–H groups in total. The maximum atomic E-state index is 11.2. The van der Waals surface area contributed by atoms with Gasteiger partial charge in [0, 0.05) is 6.08 Å². The summed E-state index contributed by atoms with van der Waals surface area (Å²) in [5.74, 6) is -0.269. The molecule has 0 spiro atoms. The zero-order chi connectivity index (χ0) is 11.6. The van der Waals surface area contributed by atoms with Crippen LogP contribution in [0.15, 0.2) is 54.6 Å². The number of allylic oxidation sites excluding steroid dienone is 3. The van der Waals surface area contributed by atoms with Crippen molar-refractivity contribution in [1.29, 1.82) is 0 Å². The van der Waals surface area contributed by atoms with Gasteiger partial charge in [0.1, 0.15) is 0 Å². The van der Waals surface area contributed by atoms with Crippen molar-refractivity contribution in [2.75, 3.05) is 0 Å². The van der Waals surface area contributed by atoms with Gasteiger partial charge in [0.15, 0.2) is 0 Å². The second-order valence-electron chi connectivity index (χ2n) is 3.13. The van der Waals surface area contributed by atoms with Gasteiger partial charge in [0.25, 0.3) is 5.91 Å². The minimum Gasteiger partial charge on any atom is -0.269 e. The minimum atomic E-state index is -0.269. The lowest BCUT2D eigenvalue weighted by molar-refractivity contribution is -0.129. The zero-order valence-electron chi connectivity index (χ0n) is 9.22. The molecule has 0 fully saturated rings. The average molecular weight is 217 g/mol. The molecule has 0 aromatic heterocycles. The lowest BCUT2D eigenvalue weighted by atomic mass is 10.2. The molecule has 0 bridgehead atoms. The summed E-state index contributed by atoms with van der Waals surface area (Å²) in [5.41, 5.74) is 3.34. The number of carbonyl (C=O) groups is 1. The molecule has 0 unspecified atom stereocenters. The molecule has 0 aliphatic rings. The minimum absolute atomic E-state index is 0.269. The van der Waals surface area contributed by atoms with Gasteiger partial charge in [-0.25, -0.2) is 5.48 Å². The van der Waals surface area contributed by atoms with E-state index in [-0.39, 0.29) is 5.91 Å². The third kappa shape index (κ3) is 5.12. The maximum absolute atomic E-state index is 11.2. The normalized spacial score (nSPS) is 11.1. The largest absolute Gasteiger partial charge is 0.269 e. The van der Waals surface area contributed by atoms with Crippen molar-refractivity contribution in [2.45, 2.75) is 13.5 Å². The maximum Gasteiger partial charge on any atom is 0.267 e. The van der Waals surface area contributed by atoms with Crippen LogP contribution in [0.1, 0.15) is 12.5 Å². The first-order valence-electron chi connectivity index (χ1n) is 5.08. The summed E-state index contributed by atoms with van der Waals surface area (Å²) in [5, 5.41) is 0. The molecule has 0 saturated heterocycles. The number of benzene rings is 1. The van der Waals surface area contributed by atoms with Crippen LogP contribution < -0.4 is 5.48 Å². The van der Waals surface area contributed by atoms with Crippen molar-refractivity contribution < 1.29 is 9.63 Å². The first-order valence-corrected chi connectivity index (χ1v) is 5.08. The highest BCUT2D eigenvalue weighted by molar-refractivity contribution is 5.86. The third-order valence-electron chi connectivity index (χ3n) is 1.81. The number of carbonyl (C=O) groups excluding carboxylic acids is 1. The predicted octanol–water partition coefficient (Wildman–Crippen LogP) is 2.37. The summed E-state index contributed by atoms with van der Waals surface area (Å²) in [7, 11) is 0. The molecule has 3 nitrogen and oxygen atoms in total. The van der Waals surface area contributed by atoms with Crippen LogP contribution in [0.25, 0.3) is 0 Å². The van der Waals surface area contributed by atoms with Crippen LogP contribution in [0.3, 0.4) is 0 Å². The Morgan fingerprint density at radius 3 is 2.75 bits per heavy atom. The summed E-state index contributed by atoms with van der Waals surface area (Å²) < 4.78 is 0. The van der Waals surface area contributed by atoms with Gasteiger partial charge in [0.2, 0.25) is 0 Å². The standard InChI is InChI=1S/C13H15NO2/c1-2-3-5-10-13(15)14-16-11-12-8-6-4-7-9-12/h2-10H,11H2,1H3,(H,14,15)/b3-2+,10-5+. The first-order chi connectivity index (χ1) is 7.83. The van der Waals surface area contributed by atoms with E-state index in [1.165, 1.54) is 6.08 Å². The van der Waals surface area contributed by atoms with Crippen molar-refractivity contribution in [3.05, 3.63) is 60.2 Å². The second kappa shape index (κ2) is 7.43. The van der Waals surface area contributed by atoms with Crippen LogP contribution in [0.2, 0.25) is 0 Å². The highest BCUT2D eigenvalue weighted by atomic mass is 16.6. The monoisotopic (exact) mass is 217 g/mol. The van der Waals surface area contributed by atoms with E-state index in [0.29, 0.717) is 6.61 Å². The molecule has 0 atom stereocenters. The Bertz CT molecular complexity index is 369. The smallest absolute Gasteiger partial charge is 0.267 e. The summed E-state index contributed by atoms with van der Waals surface area (Å²) in [6, 6.07) is 9.64. The van der Waals surface area contributed by atoms with Crippen molar-refractivity contribution in [1.82, 2.24) is 5.48 Å². The molecular formula is C13H15NO2. The van der Waals surface area contributed by atoms with Gasteiger partial charge < -0.3 is 0 Å². The van der Waals surface area contributed by atoms with Gasteiger partial charge in [-0.2, -0.15) is 0 Å². The number of rotatable bonds is 5. The average Bonchev–Trinajstić information content (AvgIpc) is 2.31. The Balaban J connectivity index is 2.23. The van der Waals surface area contributed by atoms with Gasteiger partial charge in [-0.3, -0.25) is 9.63 Å². The molecule has 0 saturated carbocycles. The topological polar surface area (TPSA) is 38.3 Å². The fraction of sp³-hybridized carbons (Fsp3) is 0.154. The molecule has 0 radical (unpaired) electrons. The van der Waals surface area contributed by atoms with Crippen molar-refractivity contribution in [3.8, 4) is 0 Å². The quantitative estimate of drug-likeness (QED) is 0.467. The highest BCUT2D eigenvalue weighted by Gasteiger charge is 1.94. The summed E-state index contributed by atoms with van der Waals surface area (Å²) in [6.07, 6.45) is 6.68. The van der Waals surface area contributed by atoms with Gasteiger partial charge in [-0.1, -0.05) is 48.6 Å². The molecule has 1 rings (SSSR count). The fourth-order valence-electron chi connectivity index (χ4n) is 1.05. The fourth-order valence-corrected chi connectivity index (χ4v) is 1.05. The lowest BCUT2D eigenvalue weighted by Gasteiger charge is -2.02. The molecule has 0 aliphatic carbocycles. The Hall–Kier alpha value is -1.87. The number of hydrogen-bond donors (Lipinski definition) is 1. The predicted molar refractivity (Wildman–Crippen MR) is 63.3 cm³/mol. The van der Waals surface area contributed by atoms with E-state index in [2.05, 4.69) is 5.48 Å². The molecule has 0 aliphatic heterocycles. The highest BCUT2D eigenvalue weighted by Crippen LogP contribution is 1.98. The summed E-state index contributed by atoms with van der Waals surface area (Å²) in [6.45, 7) is 2.25. The molecular weight excluding hydrogens is 202 g/mol. The van der Waals surface area contributed by atoms with Crippen LogP contribution in [0.4, 0.5) is 0 Å². The Morgan fingerprint density at radius 2 is 2.06 bits per heavy atom. The SMILES string of the molecule is C/C=C/C=C/C(=O)NOCc1ccccc1. The van der Waals surface area contributed by atoms with Gasteiger partial charge >= 0.3 is 0 Å². The van der Waals surface area contributed by atoms with E-state index in [1.54, 1.807) is 12.2 Å². The zero-order valence-corrected chi connectivity index (χ0v) is 9.22. The number of nitrogens with one attached hydrogen (secondary N) is 1. The van der Waals surface area contributed by atoms with E-state index in [1.807, 2.05) is 43.3 Å². The molecule has 1 aromatic rings. The lowest BCUT2D eigenvalue weighted by Crippen LogP contribution is -2.21. The first kappa shape index (κ1) is 12.2. The molecule has 0 heterocycles. The van der Waals surface area contributed by atoms with Gasteiger partial charge in [-0.15, -0.1) is 0 Å². The Morgan fingerprint density at radius 1 is 1.31 bits per heavy atom. The second-order valence-corrected chi connectivity index (χ2v) is 3.13. The Labute approximate surface area is 95.4 Å². The molecule has 84 valence electrons. The van der Waals surface area contributed by atoms with Crippen LogP contribution in [0.5, 0.6) is 0 Å². The van der Waals surface area contributed by atoms with E-state index in [9.17, 15) is 4.79 Å². The van der Waals surface area contributed by atoms with Crippen LogP contribution in [0, 0.1) is 0 Å². The van der Waals surface area contributed by atoms with E-state index in [4.69, 9.17) is 4.84 Å². The molecule has 1 aromatic carbocycles. The number of hydroxylamine groups is 1. The van der Waals surface area contributed by atoms with Crippen LogP contribution >= 0.6 is 0 Å². The van der Waals surface area contributed by atoms with Crippen LogP contribution in [-0.2, 0) is 16.2 Å². The molecule has 1 amide bonds. The van der Waals surface area contributed by atoms with Gasteiger partial charge in [-0.05, 0) is 12.5 Å². The van der Waals surface area contributed by atoms with E-state index < -0.39 is 0 Å². The van der Waals surface area contributed by atoms with Crippen molar-refractivity contribution in [3.63, 3.8) is 0 Å². The Kier molecular flexibility index (Phi) is 5.66. The summed E-state index contributed by atoms with van der Waals surface area (Å²) >= 11 is 0. The van der Waals surface area contributed by atoms with Crippen LogP contribution in [-0.4, -0.2) is 5.91 Å². The number of amides is 1. The summed E-state index contributed by atoms with van der Waals surface area (Å²) in [4.78, 5) is 16.2.